The Morgan fingerprint density at radius 1 is 1.42 bits per heavy atom. The minimum atomic E-state index is -0.924. The van der Waals surface area contributed by atoms with E-state index >= 15 is 0 Å². The zero-order valence-electron chi connectivity index (χ0n) is 11.4. The summed E-state index contributed by atoms with van der Waals surface area (Å²) in [4.78, 5) is 23.4. The summed E-state index contributed by atoms with van der Waals surface area (Å²) in [6.45, 7) is 4.62. The van der Waals surface area contributed by atoms with E-state index in [1.54, 1.807) is 18.5 Å². The van der Waals surface area contributed by atoms with E-state index in [9.17, 15) is 9.59 Å². The molecule has 1 rings (SSSR count). The maximum Gasteiger partial charge on any atom is 0.336 e. The van der Waals surface area contributed by atoms with Gasteiger partial charge in [-0.2, -0.15) is 0 Å². The molecular weight excluding hydrogens is 264 g/mol. The second-order valence-corrected chi connectivity index (χ2v) is 5.78. The van der Waals surface area contributed by atoms with Crippen molar-refractivity contribution in [2.24, 2.45) is 5.92 Å². The summed E-state index contributed by atoms with van der Waals surface area (Å²) in [5.41, 5.74) is 0.294. The van der Waals surface area contributed by atoms with Crippen molar-refractivity contribution >= 4 is 23.2 Å². The van der Waals surface area contributed by atoms with Crippen molar-refractivity contribution in [1.29, 1.82) is 0 Å². The molecule has 0 aliphatic rings. The number of hydrogen-bond acceptors (Lipinski definition) is 4. The third-order valence-electron chi connectivity index (χ3n) is 2.69. The molecule has 1 amide bonds. The first-order valence-electron chi connectivity index (χ1n) is 6.19. The van der Waals surface area contributed by atoms with E-state index in [0.717, 1.165) is 11.3 Å². The molecule has 0 saturated carbocycles. The molecule has 1 atom stereocenters. The number of nitrogens with one attached hydrogen (secondary N) is 2. The molecule has 1 heterocycles. The minimum absolute atomic E-state index is 0.0382. The number of likely N-dealkylation sites (N-methyl/N-ethyl adjacent to an activating group) is 1. The fraction of sp³-hybridized carbons (Fsp3) is 0.538. The zero-order valence-corrected chi connectivity index (χ0v) is 12.2. The summed E-state index contributed by atoms with van der Waals surface area (Å²) < 4.78 is 0. The van der Waals surface area contributed by atoms with Crippen molar-refractivity contribution in [1.82, 2.24) is 10.6 Å². The molecule has 0 aliphatic heterocycles. The molecule has 6 heteroatoms. The second kappa shape index (κ2) is 7.25. The molecule has 0 bridgehead atoms. The first-order chi connectivity index (χ1) is 8.93. The van der Waals surface area contributed by atoms with Gasteiger partial charge in [0.25, 0.3) is 0 Å². The van der Waals surface area contributed by atoms with Gasteiger partial charge < -0.3 is 15.7 Å². The van der Waals surface area contributed by atoms with E-state index in [2.05, 4.69) is 24.5 Å². The lowest BCUT2D eigenvalue weighted by Crippen LogP contribution is -2.43. The van der Waals surface area contributed by atoms with Gasteiger partial charge in [0.2, 0.25) is 5.91 Å². The molecular formula is C13H20N2O3S. The molecule has 5 nitrogen and oxygen atoms in total. The predicted molar refractivity (Wildman–Crippen MR) is 75.4 cm³/mol. The first kappa shape index (κ1) is 15.7. The highest BCUT2D eigenvalue weighted by Gasteiger charge is 2.18. The maximum atomic E-state index is 11.7. The lowest BCUT2D eigenvalue weighted by Gasteiger charge is -2.18. The van der Waals surface area contributed by atoms with Crippen molar-refractivity contribution in [3.05, 3.63) is 21.9 Å². The van der Waals surface area contributed by atoms with E-state index < -0.39 is 5.97 Å². The van der Waals surface area contributed by atoms with Crippen molar-refractivity contribution in [3.63, 3.8) is 0 Å². The first-order valence-corrected chi connectivity index (χ1v) is 7.07. The van der Waals surface area contributed by atoms with Gasteiger partial charge in [0.05, 0.1) is 11.6 Å². The fourth-order valence-corrected chi connectivity index (χ4v) is 2.55. The van der Waals surface area contributed by atoms with Crippen LogP contribution in [0.1, 0.15) is 35.5 Å². The van der Waals surface area contributed by atoms with Crippen LogP contribution in [0.3, 0.4) is 0 Å². The van der Waals surface area contributed by atoms with E-state index in [0.29, 0.717) is 18.0 Å². The Balaban J connectivity index is 2.59. The number of carboxylic acid groups (broad SMARTS) is 1. The van der Waals surface area contributed by atoms with Crippen molar-refractivity contribution in [2.75, 3.05) is 7.05 Å². The molecule has 106 valence electrons. The average molecular weight is 284 g/mol. The number of carbonyl (C=O) groups is 2. The van der Waals surface area contributed by atoms with E-state index in [-0.39, 0.29) is 11.9 Å². The van der Waals surface area contributed by atoms with E-state index in [4.69, 9.17) is 5.11 Å². The Bertz CT molecular complexity index is 443. The lowest BCUT2D eigenvalue weighted by atomic mass is 10.0. The van der Waals surface area contributed by atoms with Crippen molar-refractivity contribution in [3.8, 4) is 0 Å². The molecule has 0 fully saturated rings. The Morgan fingerprint density at radius 3 is 2.58 bits per heavy atom. The summed E-state index contributed by atoms with van der Waals surface area (Å²) in [7, 11) is 1.62. The summed E-state index contributed by atoms with van der Waals surface area (Å²) in [6.07, 6.45) is 0.747. The van der Waals surface area contributed by atoms with Crippen LogP contribution in [0, 0.1) is 5.92 Å². The maximum absolute atomic E-state index is 11.7. The van der Waals surface area contributed by atoms with Gasteiger partial charge >= 0.3 is 5.97 Å². The smallest absolute Gasteiger partial charge is 0.336 e. The van der Waals surface area contributed by atoms with Gasteiger partial charge in [-0.25, -0.2) is 4.79 Å². The van der Waals surface area contributed by atoms with Crippen molar-refractivity contribution in [2.45, 2.75) is 32.9 Å². The van der Waals surface area contributed by atoms with E-state index in [1.165, 1.54) is 11.3 Å². The highest BCUT2D eigenvalue weighted by Crippen LogP contribution is 2.15. The number of hydrogen-bond donors (Lipinski definition) is 3. The number of aromatic carboxylic acids is 1. The summed E-state index contributed by atoms with van der Waals surface area (Å²) in [5, 5.41) is 16.3. The number of carboxylic acids is 1. The summed E-state index contributed by atoms with van der Waals surface area (Å²) >= 11 is 1.38. The number of rotatable bonds is 7. The number of carbonyl (C=O) groups excluding carboxylic acids is 1. The standard InChI is InChI=1S/C13H20N2O3S/c1-8(2)4-11(12(16)14-3)15-6-10-5-9(7-19-10)13(17)18/h5,7-8,11,15H,4,6H2,1-3H3,(H,14,16)(H,17,18). The molecule has 19 heavy (non-hydrogen) atoms. The van der Waals surface area contributed by atoms with Crippen LogP contribution in [-0.2, 0) is 11.3 Å². The van der Waals surface area contributed by atoms with Gasteiger partial charge in [0.1, 0.15) is 0 Å². The van der Waals surface area contributed by atoms with Crippen molar-refractivity contribution < 1.29 is 14.7 Å². The molecule has 1 unspecified atom stereocenters. The lowest BCUT2D eigenvalue weighted by molar-refractivity contribution is -0.123. The molecule has 0 spiro atoms. The minimum Gasteiger partial charge on any atom is -0.478 e. The highest BCUT2D eigenvalue weighted by atomic mass is 32.1. The van der Waals surface area contributed by atoms with Gasteiger partial charge in [-0.1, -0.05) is 13.8 Å². The molecule has 1 aromatic heterocycles. The predicted octanol–water partition coefficient (Wildman–Crippen LogP) is 1.70. The van der Waals surface area contributed by atoms with Gasteiger partial charge in [0, 0.05) is 23.8 Å². The largest absolute Gasteiger partial charge is 0.478 e. The number of thiophene rings is 1. The molecule has 1 aromatic rings. The van der Waals surface area contributed by atoms with Gasteiger partial charge in [-0.3, -0.25) is 4.79 Å². The normalized spacial score (nSPS) is 12.4. The Labute approximate surface area is 117 Å². The summed E-state index contributed by atoms with van der Waals surface area (Å²) in [6, 6.07) is 1.39. The third kappa shape index (κ3) is 5.00. The van der Waals surface area contributed by atoms with E-state index in [1.807, 2.05) is 0 Å². The molecule has 0 aromatic carbocycles. The van der Waals surface area contributed by atoms with Crippen LogP contribution in [0.4, 0.5) is 0 Å². The molecule has 0 radical (unpaired) electrons. The zero-order chi connectivity index (χ0) is 14.4. The van der Waals surface area contributed by atoms with Crippen LogP contribution < -0.4 is 10.6 Å². The summed E-state index contributed by atoms with van der Waals surface area (Å²) in [5.74, 6) is -0.552. The molecule has 0 aliphatic carbocycles. The quantitative estimate of drug-likeness (QED) is 0.712. The van der Waals surface area contributed by atoms with Crippen LogP contribution in [0.25, 0.3) is 0 Å². The SMILES string of the molecule is CNC(=O)C(CC(C)C)NCc1cc(C(=O)O)cs1. The van der Waals surface area contributed by atoms with Crippen LogP contribution in [0.2, 0.25) is 0 Å². The Kier molecular flexibility index (Phi) is 5.98. The number of amides is 1. The molecule has 0 saturated heterocycles. The van der Waals surface area contributed by atoms with Crippen LogP contribution in [0.5, 0.6) is 0 Å². The topological polar surface area (TPSA) is 78.4 Å². The second-order valence-electron chi connectivity index (χ2n) is 4.78. The highest BCUT2D eigenvalue weighted by molar-refractivity contribution is 7.10. The van der Waals surface area contributed by atoms with Crippen LogP contribution in [0.15, 0.2) is 11.4 Å². The fourth-order valence-electron chi connectivity index (χ4n) is 1.74. The Morgan fingerprint density at radius 2 is 2.11 bits per heavy atom. The van der Waals surface area contributed by atoms with Crippen LogP contribution in [-0.4, -0.2) is 30.1 Å². The Hall–Kier alpha value is -1.40. The third-order valence-corrected chi connectivity index (χ3v) is 3.63. The molecule has 3 N–H and O–H groups in total. The van der Waals surface area contributed by atoms with Gasteiger partial charge in [-0.05, 0) is 18.4 Å². The van der Waals surface area contributed by atoms with Gasteiger partial charge in [-0.15, -0.1) is 11.3 Å². The monoisotopic (exact) mass is 284 g/mol. The van der Waals surface area contributed by atoms with Gasteiger partial charge in [0.15, 0.2) is 0 Å². The van der Waals surface area contributed by atoms with Crippen LogP contribution >= 0.6 is 11.3 Å². The average Bonchev–Trinajstić information content (AvgIpc) is 2.82.